The van der Waals surface area contributed by atoms with Crippen molar-refractivity contribution < 1.29 is 22.7 Å². The van der Waals surface area contributed by atoms with Crippen molar-refractivity contribution in [2.24, 2.45) is 0 Å². The van der Waals surface area contributed by atoms with Crippen molar-refractivity contribution in [3.8, 4) is 0 Å². The fourth-order valence-electron chi connectivity index (χ4n) is 2.70. The van der Waals surface area contributed by atoms with Crippen molar-refractivity contribution >= 4 is 28.6 Å². The molecule has 0 radical (unpaired) electrons. The molecule has 2 aromatic carbocycles. The Labute approximate surface area is 157 Å². The molecule has 0 saturated carbocycles. The summed E-state index contributed by atoms with van der Waals surface area (Å²) in [5, 5.41) is 13.9. The summed E-state index contributed by atoms with van der Waals surface area (Å²) >= 11 is 5.74. The standard InChI is InChI=1S/C19H15ClF4N2O/c20-14-6-4-12(16(21)10-14)11-26-18-9-13(19(22,23)24)5-7-15(18)17(25-26)3-1-2-8-27/h1,3-7,9-10,27H,2,8,11H2. The van der Waals surface area contributed by atoms with Crippen LogP contribution in [0.25, 0.3) is 17.0 Å². The Kier molecular flexibility index (Phi) is 5.53. The van der Waals surface area contributed by atoms with Crippen LogP contribution < -0.4 is 0 Å². The third-order valence-electron chi connectivity index (χ3n) is 4.01. The van der Waals surface area contributed by atoms with Crippen molar-refractivity contribution in [2.45, 2.75) is 19.1 Å². The lowest BCUT2D eigenvalue weighted by Crippen LogP contribution is -2.07. The van der Waals surface area contributed by atoms with Crippen molar-refractivity contribution in [1.29, 1.82) is 0 Å². The number of benzene rings is 2. The summed E-state index contributed by atoms with van der Waals surface area (Å²) in [5.41, 5.74) is 0.134. The van der Waals surface area contributed by atoms with Gasteiger partial charge in [-0.05, 0) is 42.8 Å². The quantitative estimate of drug-likeness (QED) is 0.593. The molecule has 1 aromatic heterocycles. The highest BCUT2D eigenvalue weighted by molar-refractivity contribution is 6.30. The smallest absolute Gasteiger partial charge is 0.396 e. The van der Waals surface area contributed by atoms with E-state index in [4.69, 9.17) is 16.7 Å². The van der Waals surface area contributed by atoms with Crippen LogP contribution in [0.2, 0.25) is 5.02 Å². The lowest BCUT2D eigenvalue weighted by atomic mass is 10.1. The SMILES string of the molecule is OCCC=Cc1nn(Cc2ccc(Cl)cc2F)c2cc(C(F)(F)F)ccc12. The first-order valence-electron chi connectivity index (χ1n) is 8.08. The number of aromatic nitrogens is 2. The molecule has 3 nitrogen and oxygen atoms in total. The number of hydrogen-bond donors (Lipinski definition) is 1. The summed E-state index contributed by atoms with van der Waals surface area (Å²) in [6.07, 6.45) is -0.810. The zero-order valence-electron chi connectivity index (χ0n) is 14.0. The largest absolute Gasteiger partial charge is 0.416 e. The fraction of sp³-hybridized carbons (Fsp3) is 0.211. The van der Waals surface area contributed by atoms with Gasteiger partial charge in [0.1, 0.15) is 5.82 Å². The molecule has 0 aliphatic rings. The summed E-state index contributed by atoms with van der Waals surface area (Å²) in [6.45, 7) is -0.0992. The predicted octanol–water partition coefficient (Wildman–Crippen LogP) is 5.29. The molecule has 1 N–H and O–H groups in total. The number of fused-ring (bicyclic) bond motifs is 1. The minimum atomic E-state index is -4.50. The molecular formula is C19H15ClF4N2O. The average molecular weight is 399 g/mol. The molecule has 0 unspecified atom stereocenters. The molecule has 27 heavy (non-hydrogen) atoms. The van der Waals surface area contributed by atoms with Gasteiger partial charge in [0.2, 0.25) is 0 Å². The van der Waals surface area contributed by atoms with Crippen LogP contribution in [0.3, 0.4) is 0 Å². The van der Waals surface area contributed by atoms with E-state index >= 15 is 0 Å². The molecule has 0 fully saturated rings. The minimum absolute atomic E-state index is 0.0470. The maximum Gasteiger partial charge on any atom is 0.416 e. The van der Waals surface area contributed by atoms with Crippen LogP contribution in [0.15, 0.2) is 42.5 Å². The Morgan fingerprint density at radius 2 is 1.93 bits per heavy atom. The van der Waals surface area contributed by atoms with Gasteiger partial charge in [-0.3, -0.25) is 4.68 Å². The van der Waals surface area contributed by atoms with Crippen molar-refractivity contribution in [3.05, 3.63) is 70.1 Å². The highest BCUT2D eigenvalue weighted by Crippen LogP contribution is 2.33. The maximum absolute atomic E-state index is 14.1. The average Bonchev–Trinajstić information content (AvgIpc) is 2.94. The van der Waals surface area contributed by atoms with E-state index in [1.165, 1.54) is 22.9 Å². The van der Waals surface area contributed by atoms with Crippen LogP contribution in [-0.2, 0) is 12.7 Å². The summed E-state index contributed by atoms with van der Waals surface area (Å²) < 4.78 is 54.7. The van der Waals surface area contributed by atoms with Gasteiger partial charge in [-0.25, -0.2) is 4.39 Å². The molecule has 0 spiro atoms. The lowest BCUT2D eigenvalue weighted by Gasteiger charge is -2.09. The van der Waals surface area contributed by atoms with E-state index in [0.717, 1.165) is 18.2 Å². The van der Waals surface area contributed by atoms with Crippen molar-refractivity contribution in [2.75, 3.05) is 6.61 Å². The maximum atomic E-state index is 14.1. The molecule has 3 rings (SSSR count). The van der Waals surface area contributed by atoms with Crippen molar-refractivity contribution in [1.82, 2.24) is 9.78 Å². The van der Waals surface area contributed by atoms with E-state index in [1.807, 2.05) is 0 Å². The zero-order chi connectivity index (χ0) is 19.6. The lowest BCUT2D eigenvalue weighted by molar-refractivity contribution is -0.137. The van der Waals surface area contributed by atoms with Gasteiger partial charge in [0.05, 0.1) is 23.3 Å². The topological polar surface area (TPSA) is 38.1 Å². The number of alkyl halides is 3. The van der Waals surface area contributed by atoms with E-state index in [-0.39, 0.29) is 29.3 Å². The number of rotatable bonds is 5. The van der Waals surface area contributed by atoms with Gasteiger partial charge in [0, 0.05) is 22.6 Å². The van der Waals surface area contributed by atoms with E-state index in [0.29, 0.717) is 17.5 Å². The second-order valence-electron chi connectivity index (χ2n) is 5.92. The molecule has 1 heterocycles. The molecule has 3 aromatic rings. The first kappa shape index (κ1) is 19.4. The van der Waals surface area contributed by atoms with Crippen molar-refractivity contribution in [3.63, 3.8) is 0 Å². The van der Waals surface area contributed by atoms with Gasteiger partial charge < -0.3 is 5.11 Å². The molecule has 8 heteroatoms. The summed E-state index contributed by atoms with van der Waals surface area (Å²) in [6, 6.07) is 7.46. The number of aliphatic hydroxyl groups excluding tert-OH is 1. The van der Waals surface area contributed by atoms with E-state index < -0.39 is 17.6 Å². The van der Waals surface area contributed by atoms with Crippen LogP contribution >= 0.6 is 11.6 Å². The second kappa shape index (κ2) is 7.70. The van der Waals surface area contributed by atoms with Crippen LogP contribution in [0.4, 0.5) is 17.6 Å². The summed E-state index contributed by atoms with van der Waals surface area (Å²) in [7, 11) is 0. The Bertz CT molecular complexity index is 995. The van der Waals surface area contributed by atoms with E-state index in [2.05, 4.69) is 5.10 Å². The normalized spacial score (nSPS) is 12.4. The van der Waals surface area contributed by atoms with E-state index in [9.17, 15) is 17.6 Å². The number of hydrogen-bond acceptors (Lipinski definition) is 2. The first-order valence-corrected chi connectivity index (χ1v) is 8.46. The van der Waals surface area contributed by atoms with Crippen LogP contribution in [0, 0.1) is 5.82 Å². The third-order valence-corrected chi connectivity index (χ3v) is 4.25. The molecule has 142 valence electrons. The summed E-state index contributed by atoms with van der Waals surface area (Å²) in [4.78, 5) is 0. The van der Waals surface area contributed by atoms with Gasteiger partial charge >= 0.3 is 6.18 Å². The number of halogens is 5. The van der Waals surface area contributed by atoms with Crippen LogP contribution in [-0.4, -0.2) is 21.5 Å². The molecule has 0 amide bonds. The number of nitrogens with zero attached hydrogens (tertiary/aromatic N) is 2. The Balaban J connectivity index is 2.11. The highest BCUT2D eigenvalue weighted by Gasteiger charge is 2.31. The molecule has 0 saturated heterocycles. The van der Waals surface area contributed by atoms with Gasteiger partial charge in [-0.1, -0.05) is 23.7 Å². The molecular weight excluding hydrogens is 384 g/mol. The van der Waals surface area contributed by atoms with Gasteiger partial charge in [0.25, 0.3) is 0 Å². The predicted molar refractivity (Wildman–Crippen MR) is 96.0 cm³/mol. The van der Waals surface area contributed by atoms with Gasteiger partial charge in [0.15, 0.2) is 0 Å². The van der Waals surface area contributed by atoms with Gasteiger partial charge in [-0.15, -0.1) is 0 Å². The molecule has 0 aliphatic carbocycles. The van der Waals surface area contributed by atoms with Crippen LogP contribution in [0.1, 0.15) is 23.2 Å². The van der Waals surface area contributed by atoms with E-state index in [1.54, 1.807) is 12.2 Å². The Hall–Kier alpha value is -2.38. The Morgan fingerprint density at radius 3 is 2.59 bits per heavy atom. The number of aliphatic hydroxyl groups is 1. The molecule has 0 atom stereocenters. The first-order chi connectivity index (χ1) is 12.8. The monoisotopic (exact) mass is 398 g/mol. The molecule has 0 aliphatic heterocycles. The zero-order valence-corrected chi connectivity index (χ0v) is 14.7. The fourth-order valence-corrected chi connectivity index (χ4v) is 2.86. The van der Waals surface area contributed by atoms with Crippen LogP contribution in [0.5, 0.6) is 0 Å². The minimum Gasteiger partial charge on any atom is -0.396 e. The Morgan fingerprint density at radius 1 is 1.15 bits per heavy atom. The third kappa shape index (κ3) is 4.31. The summed E-state index contributed by atoms with van der Waals surface area (Å²) in [5.74, 6) is -0.560. The molecule has 0 bridgehead atoms. The highest BCUT2D eigenvalue weighted by atomic mass is 35.5. The van der Waals surface area contributed by atoms with Gasteiger partial charge in [-0.2, -0.15) is 18.3 Å². The second-order valence-corrected chi connectivity index (χ2v) is 6.36.